The fourth-order valence-electron chi connectivity index (χ4n) is 5.49. The van der Waals surface area contributed by atoms with Gasteiger partial charge >= 0.3 is 12.4 Å². The van der Waals surface area contributed by atoms with Gasteiger partial charge in [0.2, 0.25) is 5.91 Å². The molecule has 1 aromatic rings. The quantitative estimate of drug-likeness (QED) is 0.490. The number of carbonyl (C=O) groups is 2. The topological polar surface area (TPSA) is 86.8 Å². The third kappa shape index (κ3) is 7.65. The molecule has 220 valence electrons. The Morgan fingerprint density at radius 3 is 2.10 bits per heavy atom. The number of likely N-dealkylation sites (tertiary alicyclic amines) is 1. The first-order chi connectivity index (χ1) is 17.8. The zero-order chi connectivity index (χ0) is 29.5. The molecule has 1 aromatic carbocycles. The molecule has 2 fully saturated rings. The van der Waals surface area contributed by atoms with Crippen molar-refractivity contribution < 1.29 is 44.3 Å². The number of halogens is 6. The van der Waals surface area contributed by atoms with E-state index in [4.69, 9.17) is 0 Å². The van der Waals surface area contributed by atoms with E-state index >= 15 is 0 Å². The van der Waals surface area contributed by atoms with Crippen molar-refractivity contribution in [2.24, 2.45) is 5.92 Å². The number of hydrogen-bond donors (Lipinski definition) is 1. The minimum absolute atomic E-state index is 0.0752. The van der Waals surface area contributed by atoms with Crippen LogP contribution in [0.3, 0.4) is 0 Å². The van der Waals surface area contributed by atoms with E-state index in [1.165, 1.54) is 4.90 Å². The second-order valence-electron chi connectivity index (χ2n) is 10.8. The second kappa shape index (κ2) is 11.3. The Morgan fingerprint density at radius 1 is 1.05 bits per heavy atom. The molecular weight excluding hydrogens is 552 g/mol. The normalized spacial score (nSPS) is 25.0. The number of carbonyl (C=O) groups excluding carboxylic acids is 2. The first kappa shape index (κ1) is 31.2. The van der Waals surface area contributed by atoms with Gasteiger partial charge in [0.25, 0.3) is 5.91 Å². The number of rotatable bonds is 7. The van der Waals surface area contributed by atoms with Crippen molar-refractivity contribution in [2.75, 3.05) is 25.6 Å². The number of hydrogen-bond acceptors (Lipinski definition) is 5. The minimum atomic E-state index is -5.12. The lowest BCUT2D eigenvalue weighted by atomic mass is 9.81. The van der Waals surface area contributed by atoms with Crippen LogP contribution in [0.5, 0.6) is 0 Å². The fourth-order valence-corrected chi connectivity index (χ4v) is 6.62. The SMILES string of the molecule is CC(C)N(C)[C@@H]1CC[C@H](N2CC[C@H](NC(=O)c3cc(C(F)(F)F)cc(C(F)(F)F)c3)C2=O)[C@H](CS(C)(=O)=O)C1. The molecule has 1 aliphatic carbocycles. The van der Waals surface area contributed by atoms with Crippen LogP contribution in [0.25, 0.3) is 0 Å². The van der Waals surface area contributed by atoms with Crippen LogP contribution in [0.15, 0.2) is 18.2 Å². The predicted octanol–water partition coefficient (Wildman–Crippen LogP) is 3.98. The number of amides is 2. The van der Waals surface area contributed by atoms with E-state index in [9.17, 15) is 44.3 Å². The molecule has 0 radical (unpaired) electrons. The highest BCUT2D eigenvalue weighted by molar-refractivity contribution is 7.90. The molecule has 1 aliphatic heterocycles. The third-order valence-corrected chi connectivity index (χ3v) is 8.65. The molecule has 3 rings (SSSR count). The molecule has 4 atom stereocenters. The smallest absolute Gasteiger partial charge is 0.340 e. The van der Waals surface area contributed by atoms with Crippen LogP contribution in [-0.2, 0) is 27.0 Å². The summed E-state index contributed by atoms with van der Waals surface area (Å²) in [5.41, 5.74) is -4.13. The lowest BCUT2D eigenvalue weighted by Gasteiger charge is -2.44. The van der Waals surface area contributed by atoms with Gasteiger partial charge in [-0.05, 0) is 70.7 Å². The van der Waals surface area contributed by atoms with Crippen LogP contribution in [0.1, 0.15) is 61.0 Å². The van der Waals surface area contributed by atoms with Crippen LogP contribution >= 0.6 is 0 Å². The van der Waals surface area contributed by atoms with Crippen molar-refractivity contribution in [3.05, 3.63) is 34.9 Å². The summed E-state index contributed by atoms with van der Waals surface area (Å²) in [6.45, 7) is 4.23. The first-order valence-electron chi connectivity index (χ1n) is 12.6. The van der Waals surface area contributed by atoms with Crippen molar-refractivity contribution in [1.82, 2.24) is 15.1 Å². The number of sulfone groups is 1. The van der Waals surface area contributed by atoms with Crippen molar-refractivity contribution in [2.45, 2.75) is 76.1 Å². The van der Waals surface area contributed by atoms with Gasteiger partial charge in [-0.2, -0.15) is 26.3 Å². The standard InChI is InChI=1S/C25H33F6N3O4S/c1-14(2)33(3)19-5-6-21(16(11-19)13-39(4,37)38)34-8-7-20(23(34)36)32-22(35)15-9-17(24(26,27)28)12-18(10-15)25(29,30)31/h9-10,12,14,16,19-21H,5-8,11,13H2,1-4H3,(H,32,35)/t16-,19+,20-,21-/m0/s1. The van der Waals surface area contributed by atoms with Crippen molar-refractivity contribution >= 4 is 21.7 Å². The zero-order valence-corrected chi connectivity index (χ0v) is 22.9. The van der Waals surface area contributed by atoms with Gasteiger partial charge in [-0.1, -0.05) is 0 Å². The molecule has 1 saturated heterocycles. The molecule has 1 saturated carbocycles. The summed E-state index contributed by atoms with van der Waals surface area (Å²) in [7, 11) is -1.43. The highest BCUT2D eigenvalue weighted by Gasteiger charge is 2.44. The minimum Gasteiger partial charge on any atom is -0.340 e. The third-order valence-electron chi connectivity index (χ3n) is 7.62. The maximum atomic E-state index is 13.3. The Labute approximate surface area is 223 Å². The van der Waals surface area contributed by atoms with Crippen molar-refractivity contribution in [3.63, 3.8) is 0 Å². The molecule has 7 nitrogen and oxygen atoms in total. The van der Waals surface area contributed by atoms with Gasteiger partial charge in [-0.15, -0.1) is 0 Å². The van der Waals surface area contributed by atoms with Crippen LogP contribution in [0.4, 0.5) is 26.3 Å². The van der Waals surface area contributed by atoms with E-state index in [2.05, 4.69) is 10.2 Å². The Bertz CT molecular complexity index is 1150. The van der Waals surface area contributed by atoms with Gasteiger partial charge in [0.1, 0.15) is 15.9 Å². The molecular formula is C25H33F6N3O4S. The van der Waals surface area contributed by atoms with E-state index in [1.54, 1.807) is 0 Å². The molecule has 0 bridgehead atoms. The molecule has 1 heterocycles. The highest BCUT2D eigenvalue weighted by Crippen LogP contribution is 2.37. The molecule has 0 aromatic heterocycles. The first-order valence-corrected chi connectivity index (χ1v) is 14.6. The van der Waals surface area contributed by atoms with E-state index in [0.717, 1.165) is 6.26 Å². The highest BCUT2D eigenvalue weighted by atomic mass is 32.2. The molecule has 2 aliphatic rings. The Kier molecular flexibility index (Phi) is 9.00. The van der Waals surface area contributed by atoms with Gasteiger partial charge in [0.05, 0.1) is 16.9 Å². The average Bonchev–Trinajstić information content (AvgIpc) is 3.15. The number of benzene rings is 1. The maximum absolute atomic E-state index is 13.3. The molecule has 0 spiro atoms. The lowest BCUT2D eigenvalue weighted by Crippen LogP contribution is -2.53. The fraction of sp³-hybridized carbons (Fsp3) is 0.680. The van der Waals surface area contributed by atoms with E-state index in [0.29, 0.717) is 31.4 Å². The van der Waals surface area contributed by atoms with Crippen molar-refractivity contribution in [1.29, 1.82) is 0 Å². The number of nitrogens with zero attached hydrogens (tertiary/aromatic N) is 2. The van der Waals surface area contributed by atoms with Gasteiger partial charge in [-0.3, -0.25) is 9.59 Å². The van der Waals surface area contributed by atoms with Crippen LogP contribution in [0.2, 0.25) is 0 Å². The lowest BCUT2D eigenvalue weighted by molar-refractivity contribution is -0.143. The Balaban J connectivity index is 1.79. The average molecular weight is 586 g/mol. The largest absolute Gasteiger partial charge is 0.416 e. The van der Waals surface area contributed by atoms with E-state index in [1.807, 2.05) is 20.9 Å². The summed E-state index contributed by atoms with van der Waals surface area (Å²) in [5, 5.41) is 2.29. The van der Waals surface area contributed by atoms with Crippen LogP contribution < -0.4 is 5.32 Å². The van der Waals surface area contributed by atoms with Crippen LogP contribution in [0, 0.1) is 5.92 Å². The molecule has 2 amide bonds. The molecule has 0 unspecified atom stereocenters. The summed E-state index contributed by atoms with van der Waals surface area (Å²) in [6, 6.07) is -0.675. The number of nitrogens with one attached hydrogen (secondary N) is 1. The summed E-state index contributed by atoms with van der Waals surface area (Å²) < 4.78 is 104. The summed E-state index contributed by atoms with van der Waals surface area (Å²) in [4.78, 5) is 29.6. The van der Waals surface area contributed by atoms with Crippen LogP contribution in [-0.4, -0.2) is 79.8 Å². The van der Waals surface area contributed by atoms with Gasteiger partial charge in [0.15, 0.2) is 0 Å². The Morgan fingerprint density at radius 2 is 1.62 bits per heavy atom. The summed E-state index contributed by atoms with van der Waals surface area (Å²) >= 11 is 0. The summed E-state index contributed by atoms with van der Waals surface area (Å²) in [5.74, 6) is -2.27. The molecule has 39 heavy (non-hydrogen) atoms. The van der Waals surface area contributed by atoms with Gasteiger partial charge < -0.3 is 15.1 Å². The monoisotopic (exact) mass is 585 g/mol. The maximum Gasteiger partial charge on any atom is 0.416 e. The van der Waals surface area contributed by atoms with E-state index in [-0.39, 0.29) is 42.8 Å². The molecule has 14 heteroatoms. The molecule has 1 N–H and O–H groups in total. The van der Waals surface area contributed by atoms with Gasteiger partial charge in [-0.25, -0.2) is 8.42 Å². The second-order valence-corrected chi connectivity index (χ2v) is 13.0. The Hall–Kier alpha value is -2.35. The number of alkyl halides is 6. The van der Waals surface area contributed by atoms with E-state index < -0.39 is 62.8 Å². The van der Waals surface area contributed by atoms with Crippen molar-refractivity contribution in [3.8, 4) is 0 Å². The van der Waals surface area contributed by atoms with Gasteiger partial charge in [0, 0.05) is 36.5 Å². The summed E-state index contributed by atoms with van der Waals surface area (Å²) in [6.07, 6.45) is -7.24. The zero-order valence-electron chi connectivity index (χ0n) is 22.1. The predicted molar refractivity (Wildman–Crippen MR) is 132 cm³/mol.